The van der Waals surface area contributed by atoms with Crippen LogP contribution in [0.3, 0.4) is 0 Å². The van der Waals surface area contributed by atoms with Gasteiger partial charge in [-0.3, -0.25) is 4.98 Å². The number of fused-ring (bicyclic) bond motifs is 1. The molecule has 0 aliphatic carbocycles. The van der Waals surface area contributed by atoms with E-state index in [1.54, 1.807) is 48.5 Å². The van der Waals surface area contributed by atoms with Crippen LogP contribution in [0.15, 0.2) is 90.5 Å². The lowest BCUT2D eigenvalue weighted by atomic mass is 9.94. The molecule has 0 atom stereocenters. The number of aromatic nitrogens is 1. The van der Waals surface area contributed by atoms with Gasteiger partial charge < -0.3 is 10.1 Å². The molecule has 5 nitrogen and oxygen atoms in total. The monoisotopic (exact) mass is 512 g/mol. The number of nitrogens with zero attached hydrogens (tertiary/aromatic N) is 1. The molecule has 36 heavy (non-hydrogen) atoms. The number of hydrogen-bond donors (Lipinski definition) is 1. The van der Waals surface area contributed by atoms with Gasteiger partial charge in [0.25, 0.3) is 0 Å². The zero-order valence-corrected chi connectivity index (χ0v) is 20.2. The highest BCUT2D eigenvalue weighted by Gasteiger charge is 2.33. The summed E-state index contributed by atoms with van der Waals surface area (Å²) in [6.07, 6.45) is -0.304. The summed E-state index contributed by atoms with van der Waals surface area (Å²) in [5, 5.41) is 3.54. The number of rotatable bonds is 8. The molecule has 0 saturated carbocycles. The van der Waals surface area contributed by atoms with Gasteiger partial charge in [-0.25, -0.2) is 8.42 Å². The first-order valence-corrected chi connectivity index (χ1v) is 12.8. The maximum Gasteiger partial charge on any atom is 0.418 e. The lowest BCUT2D eigenvalue weighted by Gasteiger charge is -2.17. The summed E-state index contributed by atoms with van der Waals surface area (Å²) in [6.45, 7) is 4.55. The second-order valence-electron chi connectivity index (χ2n) is 8.15. The van der Waals surface area contributed by atoms with Crippen LogP contribution in [0.1, 0.15) is 11.1 Å². The average Bonchev–Trinajstić information content (AvgIpc) is 2.83. The first-order chi connectivity index (χ1) is 17.1. The highest BCUT2D eigenvalue weighted by molar-refractivity contribution is 7.90. The Kier molecular flexibility index (Phi) is 7.14. The maximum atomic E-state index is 13.7. The molecule has 3 aromatic carbocycles. The summed E-state index contributed by atoms with van der Waals surface area (Å²) in [6, 6.07) is 17.0. The maximum absolute atomic E-state index is 13.7. The number of nitrogens with one attached hydrogen (secondary N) is 1. The van der Waals surface area contributed by atoms with Gasteiger partial charge in [-0.2, -0.15) is 13.2 Å². The predicted octanol–water partition coefficient (Wildman–Crippen LogP) is 6.39. The first kappa shape index (κ1) is 25.4. The lowest BCUT2D eigenvalue weighted by Crippen LogP contribution is -2.14. The Balaban J connectivity index is 1.83. The smallest absolute Gasteiger partial charge is 0.418 e. The van der Waals surface area contributed by atoms with E-state index in [4.69, 9.17) is 4.74 Å². The van der Waals surface area contributed by atoms with E-state index in [0.29, 0.717) is 46.7 Å². The molecule has 0 amide bonds. The van der Waals surface area contributed by atoms with E-state index in [0.717, 1.165) is 12.3 Å². The van der Waals surface area contributed by atoms with Crippen LogP contribution in [-0.2, 0) is 22.6 Å². The van der Waals surface area contributed by atoms with Gasteiger partial charge in [-0.05, 0) is 53.1 Å². The molecule has 4 rings (SSSR count). The zero-order chi connectivity index (χ0) is 25.9. The van der Waals surface area contributed by atoms with Crippen molar-refractivity contribution in [2.24, 2.45) is 0 Å². The van der Waals surface area contributed by atoms with Gasteiger partial charge in [0.05, 0.1) is 16.0 Å². The van der Waals surface area contributed by atoms with Crippen LogP contribution in [0.25, 0.3) is 22.0 Å². The summed E-state index contributed by atoms with van der Waals surface area (Å²) in [5.41, 5.74) is 0.989. The van der Waals surface area contributed by atoms with Crippen molar-refractivity contribution >= 4 is 20.7 Å². The molecular formula is C27H23F3N2O3S. The van der Waals surface area contributed by atoms with E-state index in [9.17, 15) is 21.6 Å². The Morgan fingerprint density at radius 2 is 1.72 bits per heavy atom. The Bertz CT molecular complexity index is 1530. The van der Waals surface area contributed by atoms with Crippen molar-refractivity contribution in [1.82, 2.24) is 10.3 Å². The highest BCUT2D eigenvalue weighted by atomic mass is 32.2. The number of alkyl halides is 3. The van der Waals surface area contributed by atoms with Crippen LogP contribution in [-0.4, -0.2) is 26.2 Å². The van der Waals surface area contributed by atoms with E-state index in [-0.39, 0.29) is 10.4 Å². The number of ether oxygens (including phenoxy) is 1. The second kappa shape index (κ2) is 10.1. The fourth-order valence-corrected chi connectivity index (χ4v) is 4.55. The van der Waals surface area contributed by atoms with Crippen molar-refractivity contribution in [3.63, 3.8) is 0 Å². The Morgan fingerprint density at radius 3 is 2.42 bits per heavy atom. The summed E-state index contributed by atoms with van der Waals surface area (Å²) < 4.78 is 70.8. The second-order valence-corrected chi connectivity index (χ2v) is 10.2. The fraction of sp³-hybridized carbons (Fsp3) is 0.148. The predicted molar refractivity (Wildman–Crippen MR) is 134 cm³/mol. The minimum atomic E-state index is -4.55. The number of sulfone groups is 1. The number of halogens is 3. The molecule has 0 unspecified atom stereocenters. The third-order valence-corrected chi connectivity index (χ3v) is 6.59. The Morgan fingerprint density at radius 1 is 1.03 bits per heavy atom. The van der Waals surface area contributed by atoms with Crippen molar-refractivity contribution in [1.29, 1.82) is 0 Å². The molecule has 0 aliphatic rings. The highest BCUT2D eigenvalue weighted by Crippen LogP contribution is 2.39. The largest absolute Gasteiger partial charge is 0.457 e. The quantitative estimate of drug-likeness (QED) is 0.219. The number of para-hydroxylation sites is 1. The van der Waals surface area contributed by atoms with Crippen molar-refractivity contribution < 1.29 is 26.3 Å². The minimum absolute atomic E-state index is 0.117. The van der Waals surface area contributed by atoms with Crippen LogP contribution in [0.5, 0.6) is 11.5 Å². The Hall–Kier alpha value is -3.69. The molecule has 4 aromatic rings. The topological polar surface area (TPSA) is 68.3 Å². The molecule has 1 aromatic heterocycles. The molecule has 0 fully saturated rings. The lowest BCUT2D eigenvalue weighted by molar-refractivity contribution is -0.136. The molecule has 0 aliphatic heterocycles. The van der Waals surface area contributed by atoms with Crippen LogP contribution in [0, 0.1) is 0 Å². The molecule has 0 bridgehead atoms. The zero-order valence-electron chi connectivity index (χ0n) is 19.3. The van der Waals surface area contributed by atoms with Crippen LogP contribution in [0.4, 0.5) is 13.2 Å². The van der Waals surface area contributed by atoms with Crippen molar-refractivity contribution in [2.75, 3.05) is 12.8 Å². The number of benzene rings is 3. The van der Waals surface area contributed by atoms with E-state index < -0.39 is 21.6 Å². The molecule has 1 N–H and O–H groups in total. The first-order valence-electron chi connectivity index (χ1n) is 11.0. The number of hydrogen-bond acceptors (Lipinski definition) is 5. The van der Waals surface area contributed by atoms with Crippen molar-refractivity contribution in [3.05, 3.63) is 96.7 Å². The summed E-state index contributed by atoms with van der Waals surface area (Å²) >= 11 is 0. The molecule has 0 spiro atoms. The van der Waals surface area contributed by atoms with E-state index in [1.165, 1.54) is 24.4 Å². The van der Waals surface area contributed by atoms with Gasteiger partial charge >= 0.3 is 6.18 Å². The van der Waals surface area contributed by atoms with Crippen molar-refractivity contribution in [2.45, 2.75) is 17.6 Å². The van der Waals surface area contributed by atoms with E-state index in [1.807, 2.05) is 0 Å². The molecule has 0 radical (unpaired) electrons. The van der Waals surface area contributed by atoms with Gasteiger partial charge in [0.2, 0.25) is 0 Å². The van der Waals surface area contributed by atoms with E-state index >= 15 is 0 Å². The molecular weight excluding hydrogens is 489 g/mol. The van der Waals surface area contributed by atoms with Gasteiger partial charge in [-0.15, -0.1) is 6.58 Å². The van der Waals surface area contributed by atoms with E-state index in [2.05, 4.69) is 16.9 Å². The standard InChI is InChI=1S/C27H23F3N2O3S/c1-3-13-31-16-19-17-32-26-23(11-6-12-24(26)27(28,29)30)25(19)18-7-4-8-20(14-18)35-21-9-5-10-22(15-21)36(2,33)34/h3-12,14-15,17,31H,1,13,16H2,2H3. The summed E-state index contributed by atoms with van der Waals surface area (Å²) in [4.78, 5) is 4.28. The average molecular weight is 513 g/mol. The van der Waals surface area contributed by atoms with Gasteiger partial charge in [0, 0.05) is 30.9 Å². The molecule has 186 valence electrons. The molecule has 0 saturated heterocycles. The SMILES string of the molecule is C=CCNCc1cnc2c(C(F)(F)F)cccc2c1-c1cccc(Oc2cccc(S(C)(=O)=O)c2)c1. The minimum Gasteiger partial charge on any atom is -0.457 e. The van der Waals surface area contributed by atoms with Crippen LogP contribution < -0.4 is 10.1 Å². The summed E-state index contributed by atoms with van der Waals surface area (Å²) in [5.74, 6) is 0.724. The van der Waals surface area contributed by atoms with Crippen molar-refractivity contribution in [3.8, 4) is 22.6 Å². The summed E-state index contributed by atoms with van der Waals surface area (Å²) in [7, 11) is -3.42. The Labute approximate surface area is 207 Å². The van der Waals surface area contributed by atoms with Crippen LogP contribution >= 0.6 is 0 Å². The third kappa shape index (κ3) is 5.58. The van der Waals surface area contributed by atoms with Gasteiger partial charge in [0.15, 0.2) is 9.84 Å². The molecule has 1 heterocycles. The fourth-order valence-electron chi connectivity index (χ4n) is 3.90. The normalized spacial score (nSPS) is 12.0. The molecule has 9 heteroatoms. The van der Waals surface area contributed by atoms with Gasteiger partial charge in [0.1, 0.15) is 11.5 Å². The third-order valence-electron chi connectivity index (χ3n) is 5.48. The van der Waals surface area contributed by atoms with Crippen LogP contribution in [0.2, 0.25) is 0 Å². The number of pyridine rings is 1. The van der Waals surface area contributed by atoms with Gasteiger partial charge in [-0.1, -0.05) is 36.4 Å².